The smallest absolute Gasteiger partial charge is 0.306 e. The summed E-state index contributed by atoms with van der Waals surface area (Å²) in [4.78, 5) is 0. The minimum atomic E-state index is -3.28. The Hall–Kier alpha value is 0.840. The van der Waals surface area contributed by atoms with E-state index in [2.05, 4.69) is 41.3 Å². The highest BCUT2D eigenvalue weighted by atomic mass is 31.2. The molecule has 4 fully saturated rings. The first kappa shape index (κ1) is 60.9. The molecule has 2 unspecified atom stereocenters. The molecule has 20 nitrogen and oxygen atoms in total. The zero-order valence-corrected chi connectivity index (χ0v) is 44.8. The molecule has 0 aromatic carbocycles. The average molecular weight is 1040 g/mol. The fourth-order valence-corrected chi connectivity index (χ4v) is 13.8. The number of unbranched alkanes of at least 4 members (excludes halogenated alkanes) is 2. The first-order valence-electron chi connectivity index (χ1n) is 20.4. The van der Waals surface area contributed by atoms with E-state index in [9.17, 15) is 36.5 Å². The van der Waals surface area contributed by atoms with Crippen LogP contribution in [0.15, 0.2) is 0 Å². The van der Waals surface area contributed by atoms with Crippen molar-refractivity contribution in [2.75, 3.05) is 65.6 Å². The van der Waals surface area contributed by atoms with E-state index in [1.807, 2.05) is 27.7 Å². The van der Waals surface area contributed by atoms with Crippen LogP contribution < -0.4 is 0 Å². The standard InChI is InChI=1S/C11H22O5P2.C10H20O5P2.C7H14O5P2.C6H12O5P2/c1-4-6-7-11(5-2)8-14-18(13,15-9-11)10(3)16-17-12;1-3-5-6-10(4-2)7-14-17(12,15-8-10)9-13-16-11;1-6(12-13-8)14(9)10-4-7(2,3)5-11-14;1-6(2)3-10-13(8,11-4-6)5-9-12-7/h10H,4-9H2,1-3H3;3-9H2,1-2H3;6H,4-5H2,1-3H3;3-5H2,1-2H3. The molecular formula is C34H68O20P8. The van der Waals surface area contributed by atoms with E-state index < -0.39 is 76.8 Å². The Balaban J connectivity index is 0.000000417. The number of hydrogen-bond acceptors (Lipinski definition) is 20. The van der Waals surface area contributed by atoms with Crippen LogP contribution in [0.4, 0.5) is 0 Å². The number of hydrogen-bond donors (Lipinski definition) is 0. The summed E-state index contributed by atoms with van der Waals surface area (Å²) in [5.74, 6) is -1.59. The fraction of sp³-hybridized carbons (Fsp3) is 1.00. The quantitative estimate of drug-likeness (QED) is 0.103. The van der Waals surface area contributed by atoms with Crippen LogP contribution in [0, 0.1) is 21.7 Å². The number of rotatable bonds is 20. The van der Waals surface area contributed by atoms with Crippen molar-refractivity contribution in [1.82, 2.24) is 0 Å². The first-order chi connectivity index (χ1) is 29.0. The molecule has 0 amide bonds. The van der Waals surface area contributed by atoms with E-state index in [0.717, 1.165) is 51.4 Å². The van der Waals surface area contributed by atoms with Gasteiger partial charge in [0.25, 0.3) is 0 Å². The fourth-order valence-electron chi connectivity index (χ4n) is 5.47. The van der Waals surface area contributed by atoms with Gasteiger partial charge in [-0.3, -0.25) is 36.4 Å². The lowest BCUT2D eigenvalue weighted by atomic mass is 9.82. The largest absolute Gasteiger partial charge is 0.359 e. The van der Waals surface area contributed by atoms with Gasteiger partial charge in [-0.05, 0) is 39.5 Å². The Morgan fingerprint density at radius 1 is 0.484 bits per heavy atom. The Morgan fingerprint density at radius 2 is 0.774 bits per heavy atom. The van der Waals surface area contributed by atoms with E-state index in [-0.39, 0.29) is 34.4 Å². The second-order valence-electron chi connectivity index (χ2n) is 17.0. The van der Waals surface area contributed by atoms with Gasteiger partial charge >= 0.3 is 65.1 Å². The van der Waals surface area contributed by atoms with Crippen LogP contribution >= 0.6 is 65.1 Å². The highest BCUT2D eigenvalue weighted by Gasteiger charge is 2.45. The van der Waals surface area contributed by atoms with E-state index >= 15 is 0 Å². The van der Waals surface area contributed by atoms with Crippen LogP contribution in [-0.4, -0.2) is 77.2 Å². The zero-order valence-electron chi connectivity index (χ0n) is 37.6. The second-order valence-corrected chi connectivity index (χ2v) is 27.1. The molecule has 0 aromatic heterocycles. The van der Waals surface area contributed by atoms with Crippen LogP contribution in [0.2, 0.25) is 0 Å². The molecule has 364 valence electrons. The minimum Gasteiger partial charge on any atom is -0.306 e. The van der Waals surface area contributed by atoms with Crippen LogP contribution in [-0.2, 0) is 90.8 Å². The molecule has 0 bridgehead atoms. The second kappa shape index (κ2) is 29.0. The van der Waals surface area contributed by atoms with Crippen molar-refractivity contribution in [1.29, 1.82) is 0 Å². The predicted molar refractivity (Wildman–Crippen MR) is 234 cm³/mol. The molecular weight excluding hydrogens is 976 g/mol. The molecule has 2 atom stereocenters. The normalized spacial score (nSPS) is 31.0. The molecule has 0 N–H and O–H groups in total. The molecule has 4 aliphatic heterocycles. The van der Waals surface area contributed by atoms with Gasteiger partial charge in [0.2, 0.25) is 0 Å². The lowest BCUT2D eigenvalue weighted by molar-refractivity contribution is -0.00238. The van der Waals surface area contributed by atoms with Gasteiger partial charge in [0.1, 0.15) is 0 Å². The maximum absolute atomic E-state index is 12.3. The van der Waals surface area contributed by atoms with Gasteiger partial charge < -0.3 is 36.2 Å². The topological polar surface area (TPSA) is 247 Å². The van der Waals surface area contributed by atoms with Crippen LogP contribution in [0.25, 0.3) is 0 Å². The Morgan fingerprint density at radius 3 is 1.06 bits per heavy atom. The summed E-state index contributed by atoms with van der Waals surface area (Å²) in [6.45, 7) is 22.5. The summed E-state index contributed by atoms with van der Waals surface area (Å²) >= 11 is 0. The van der Waals surface area contributed by atoms with E-state index in [0.29, 0.717) is 52.9 Å². The van der Waals surface area contributed by atoms with Gasteiger partial charge in [-0.2, -0.15) is 0 Å². The highest BCUT2D eigenvalue weighted by Crippen LogP contribution is 2.61. The molecule has 0 radical (unpaired) electrons. The summed E-state index contributed by atoms with van der Waals surface area (Å²) in [5.41, 5.74) is -0.330. The lowest BCUT2D eigenvalue weighted by Crippen LogP contribution is -2.36. The Labute approximate surface area is 374 Å². The molecule has 0 aromatic rings. The summed E-state index contributed by atoms with van der Waals surface area (Å²) in [7, 11) is -14.9. The van der Waals surface area contributed by atoms with Crippen molar-refractivity contribution >= 4 is 65.1 Å². The molecule has 4 rings (SSSR count). The maximum Gasteiger partial charge on any atom is 0.359 e. The van der Waals surface area contributed by atoms with Gasteiger partial charge in [0, 0.05) is 21.7 Å². The van der Waals surface area contributed by atoms with Gasteiger partial charge in [0.05, 0.1) is 52.9 Å². The maximum atomic E-state index is 12.3. The molecule has 4 saturated heterocycles. The third kappa shape index (κ3) is 21.4. The van der Waals surface area contributed by atoms with Crippen molar-refractivity contribution in [3.63, 3.8) is 0 Å². The van der Waals surface area contributed by atoms with Crippen molar-refractivity contribution in [2.24, 2.45) is 21.7 Å². The van der Waals surface area contributed by atoms with Gasteiger partial charge in [-0.25, -0.2) is 18.3 Å². The molecule has 28 heteroatoms. The van der Waals surface area contributed by atoms with Crippen molar-refractivity contribution in [3.05, 3.63) is 0 Å². The highest BCUT2D eigenvalue weighted by molar-refractivity contribution is 7.55. The van der Waals surface area contributed by atoms with Gasteiger partial charge in [-0.15, -0.1) is 0 Å². The van der Waals surface area contributed by atoms with Crippen molar-refractivity contribution in [2.45, 2.75) is 132 Å². The molecule has 62 heavy (non-hydrogen) atoms. The van der Waals surface area contributed by atoms with Crippen LogP contribution in [0.1, 0.15) is 121 Å². The van der Waals surface area contributed by atoms with E-state index in [4.69, 9.17) is 40.7 Å². The summed E-state index contributed by atoms with van der Waals surface area (Å²) in [6, 6.07) is 0. The summed E-state index contributed by atoms with van der Waals surface area (Å²) < 4.78 is 149. The third-order valence-electron chi connectivity index (χ3n) is 10.3. The van der Waals surface area contributed by atoms with E-state index in [1.165, 1.54) is 6.92 Å². The predicted octanol–water partition coefficient (Wildman–Crippen LogP) is 13.6. The summed E-state index contributed by atoms with van der Waals surface area (Å²) in [5, 5.41) is 0. The van der Waals surface area contributed by atoms with Crippen LogP contribution in [0.5, 0.6) is 0 Å². The van der Waals surface area contributed by atoms with E-state index in [1.54, 1.807) is 6.92 Å². The first-order valence-corrected chi connectivity index (χ1v) is 30.0. The molecule has 0 aliphatic carbocycles. The SMILES string of the molecule is CC(OP=O)P1(=O)OCC(C)(C)CO1.CC1(C)COP(=O)(COP=O)OC1.CCCCC1(CC)COP(=O)(C(C)OP=O)OC1.CCCCC1(CC)COP(=O)(COP=O)OC1. The molecule has 4 heterocycles. The van der Waals surface area contributed by atoms with Crippen molar-refractivity contribution in [3.8, 4) is 0 Å². The molecule has 0 saturated carbocycles. The van der Waals surface area contributed by atoms with Crippen molar-refractivity contribution < 1.29 is 90.8 Å². The third-order valence-corrected chi connectivity index (χ3v) is 19.2. The molecule has 0 spiro atoms. The molecule has 4 aliphatic rings. The van der Waals surface area contributed by atoms with Crippen LogP contribution in [0.3, 0.4) is 0 Å². The van der Waals surface area contributed by atoms with Gasteiger partial charge in [0.15, 0.2) is 24.4 Å². The Kier molecular flexibility index (Phi) is 28.5. The lowest BCUT2D eigenvalue weighted by Gasteiger charge is -2.40. The summed E-state index contributed by atoms with van der Waals surface area (Å²) in [6.07, 6.45) is 7.85. The Bertz CT molecular complexity index is 1510. The average Bonchev–Trinajstić information content (AvgIpc) is 3.25. The van der Waals surface area contributed by atoms with Gasteiger partial charge in [-0.1, -0.05) is 81.1 Å². The minimum absolute atomic E-state index is 0.0287. The zero-order chi connectivity index (χ0) is 47.2. The monoisotopic (exact) mass is 1040 g/mol.